The third-order valence-corrected chi connectivity index (χ3v) is 5.58. The average Bonchev–Trinajstić information content (AvgIpc) is 3.32. The summed E-state index contributed by atoms with van der Waals surface area (Å²) in [5.74, 6) is 2.40. The summed E-state index contributed by atoms with van der Waals surface area (Å²) in [7, 11) is 0. The molecule has 0 saturated carbocycles. The van der Waals surface area contributed by atoms with Crippen molar-refractivity contribution in [3.8, 4) is 27.9 Å². The number of oxazole rings is 1. The molecule has 4 aromatic rings. The fraction of sp³-hybridized carbons (Fsp3) is 0.130. The quantitative estimate of drug-likeness (QED) is 0.297. The molecule has 6 heteroatoms. The van der Waals surface area contributed by atoms with E-state index in [-0.39, 0.29) is 11.7 Å². The van der Waals surface area contributed by atoms with Gasteiger partial charge in [0, 0.05) is 10.1 Å². The predicted molar refractivity (Wildman–Crippen MR) is 115 cm³/mol. The molecule has 146 valence electrons. The van der Waals surface area contributed by atoms with Gasteiger partial charge in [0.25, 0.3) is 0 Å². The van der Waals surface area contributed by atoms with E-state index in [1.54, 1.807) is 18.2 Å². The summed E-state index contributed by atoms with van der Waals surface area (Å²) < 4.78 is 12.9. The molecule has 0 aliphatic carbocycles. The molecule has 0 aliphatic rings. The zero-order valence-electron chi connectivity index (χ0n) is 16.0. The number of ether oxygens (including phenoxy) is 1. The lowest BCUT2D eigenvalue weighted by Gasteiger charge is -2.09. The van der Waals surface area contributed by atoms with Crippen molar-refractivity contribution >= 4 is 33.8 Å². The summed E-state index contributed by atoms with van der Waals surface area (Å²) >= 11 is 1.49. The van der Waals surface area contributed by atoms with Crippen molar-refractivity contribution in [2.75, 3.05) is 0 Å². The van der Waals surface area contributed by atoms with E-state index in [1.807, 2.05) is 30.3 Å². The molecule has 0 unspecified atom stereocenters. The second kappa shape index (κ2) is 7.93. The number of hydrogen-bond acceptors (Lipinski definition) is 6. The average molecular weight is 405 g/mol. The van der Waals surface area contributed by atoms with E-state index in [0.717, 1.165) is 32.5 Å². The number of carbonyl (C=O) groups is 1. The SMILES string of the molecule is CC(C)c1ncoc1-c1sc2cc(O)ccc2c1Oc1ccc(C=CC=O)cc1. The number of aromatic hydroxyl groups is 1. The van der Waals surface area contributed by atoms with E-state index in [1.165, 1.54) is 23.8 Å². The Morgan fingerprint density at radius 3 is 2.69 bits per heavy atom. The van der Waals surface area contributed by atoms with Crippen molar-refractivity contribution in [3.05, 3.63) is 66.2 Å². The van der Waals surface area contributed by atoms with Crippen molar-refractivity contribution in [1.82, 2.24) is 4.98 Å². The predicted octanol–water partition coefficient (Wildman–Crippen LogP) is 6.39. The highest BCUT2D eigenvalue weighted by atomic mass is 32.1. The molecule has 1 N–H and O–H groups in total. The number of allylic oxidation sites excluding steroid dienone is 1. The monoisotopic (exact) mass is 405 g/mol. The van der Waals surface area contributed by atoms with Crippen LogP contribution in [-0.4, -0.2) is 16.4 Å². The van der Waals surface area contributed by atoms with Crippen LogP contribution in [0, 0.1) is 0 Å². The van der Waals surface area contributed by atoms with Gasteiger partial charge < -0.3 is 14.3 Å². The third kappa shape index (κ3) is 3.79. The van der Waals surface area contributed by atoms with Crippen LogP contribution in [0.3, 0.4) is 0 Å². The Labute approximate surface area is 171 Å². The van der Waals surface area contributed by atoms with Gasteiger partial charge in [0.05, 0.1) is 5.69 Å². The number of aldehydes is 1. The number of benzene rings is 2. The first-order valence-corrected chi connectivity index (χ1v) is 9.97. The Morgan fingerprint density at radius 1 is 1.17 bits per heavy atom. The fourth-order valence-electron chi connectivity index (χ4n) is 3.06. The van der Waals surface area contributed by atoms with Gasteiger partial charge in [0.15, 0.2) is 17.9 Å². The minimum Gasteiger partial charge on any atom is -0.508 e. The van der Waals surface area contributed by atoms with Crippen molar-refractivity contribution in [2.45, 2.75) is 19.8 Å². The summed E-state index contributed by atoms with van der Waals surface area (Å²) in [5.41, 5.74) is 1.77. The van der Waals surface area contributed by atoms with Crippen molar-refractivity contribution in [2.24, 2.45) is 0 Å². The lowest BCUT2D eigenvalue weighted by Crippen LogP contribution is -1.91. The number of thiophene rings is 1. The molecule has 0 fully saturated rings. The van der Waals surface area contributed by atoms with E-state index in [9.17, 15) is 9.90 Å². The molecule has 5 nitrogen and oxygen atoms in total. The first-order chi connectivity index (χ1) is 14.1. The minimum atomic E-state index is 0.194. The summed E-state index contributed by atoms with van der Waals surface area (Å²) in [6.07, 6.45) is 5.37. The van der Waals surface area contributed by atoms with Crippen LogP contribution in [0.4, 0.5) is 0 Å². The molecule has 29 heavy (non-hydrogen) atoms. The maximum Gasteiger partial charge on any atom is 0.181 e. The standard InChI is InChI=1S/C23H19NO4S/c1-14(2)20-22(27-13-24-20)23-21(18-10-7-16(26)12-19(18)29-23)28-17-8-5-15(6-9-17)4-3-11-25/h3-14,26H,1-2H3. The molecule has 0 radical (unpaired) electrons. The molecule has 0 amide bonds. The highest BCUT2D eigenvalue weighted by Gasteiger charge is 2.23. The number of aromatic nitrogens is 1. The van der Waals surface area contributed by atoms with Crippen molar-refractivity contribution < 1.29 is 19.1 Å². The van der Waals surface area contributed by atoms with Crippen LogP contribution in [0.1, 0.15) is 31.0 Å². The zero-order chi connectivity index (χ0) is 20.4. The van der Waals surface area contributed by atoms with Crippen LogP contribution in [0.15, 0.2) is 59.4 Å². The van der Waals surface area contributed by atoms with Crippen LogP contribution in [0.5, 0.6) is 17.2 Å². The largest absolute Gasteiger partial charge is 0.508 e. The van der Waals surface area contributed by atoms with Gasteiger partial charge in [-0.3, -0.25) is 4.79 Å². The Bertz CT molecular complexity index is 1190. The molecule has 0 spiro atoms. The molecule has 4 rings (SSSR count). The molecule has 2 aromatic heterocycles. The minimum absolute atomic E-state index is 0.194. The first-order valence-electron chi connectivity index (χ1n) is 9.16. The van der Waals surface area contributed by atoms with Crippen LogP contribution in [0.25, 0.3) is 26.8 Å². The van der Waals surface area contributed by atoms with Crippen molar-refractivity contribution in [3.63, 3.8) is 0 Å². The molecule has 0 atom stereocenters. The molecular formula is C23H19NO4S. The number of phenols is 1. The Morgan fingerprint density at radius 2 is 1.97 bits per heavy atom. The van der Waals surface area contributed by atoms with Gasteiger partial charge >= 0.3 is 0 Å². The smallest absolute Gasteiger partial charge is 0.181 e. The topological polar surface area (TPSA) is 72.6 Å². The van der Waals surface area contributed by atoms with Gasteiger partial charge in [-0.15, -0.1) is 11.3 Å². The molecular weight excluding hydrogens is 386 g/mol. The number of nitrogens with zero attached hydrogens (tertiary/aromatic N) is 1. The van der Waals surface area contributed by atoms with Gasteiger partial charge in [-0.2, -0.15) is 0 Å². The van der Waals surface area contributed by atoms with Gasteiger partial charge in [0.1, 0.15) is 22.7 Å². The summed E-state index contributed by atoms with van der Waals surface area (Å²) in [5, 5.41) is 10.8. The maximum atomic E-state index is 10.5. The number of carbonyl (C=O) groups excluding carboxylic acids is 1. The van der Waals surface area contributed by atoms with E-state index in [0.29, 0.717) is 17.3 Å². The lowest BCUT2D eigenvalue weighted by molar-refractivity contribution is -0.104. The molecule has 0 bridgehead atoms. The molecule has 0 saturated heterocycles. The Kier molecular flexibility index (Phi) is 5.18. The first kappa shape index (κ1) is 19.0. The maximum absolute atomic E-state index is 10.5. The fourth-order valence-corrected chi connectivity index (χ4v) is 4.22. The normalized spacial score (nSPS) is 11.6. The second-order valence-corrected chi connectivity index (χ2v) is 7.88. The second-order valence-electron chi connectivity index (χ2n) is 6.83. The molecule has 2 heterocycles. The summed E-state index contributed by atoms with van der Waals surface area (Å²) in [4.78, 5) is 15.7. The lowest BCUT2D eigenvalue weighted by atomic mass is 10.1. The number of hydrogen-bond donors (Lipinski definition) is 1. The zero-order valence-corrected chi connectivity index (χ0v) is 16.8. The molecule has 0 aliphatic heterocycles. The van der Waals surface area contributed by atoms with E-state index in [4.69, 9.17) is 9.15 Å². The van der Waals surface area contributed by atoms with Crippen LogP contribution in [-0.2, 0) is 4.79 Å². The van der Waals surface area contributed by atoms with Crippen molar-refractivity contribution in [1.29, 1.82) is 0 Å². The Balaban J connectivity index is 1.81. The summed E-state index contributed by atoms with van der Waals surface area (Å²) in [6, 6.07) is 12.7. The molecule has 2 aromatic carbocycles. The van der Waals surface area contributed by atoms with E-state index >= 15 is 0 Å². The van der Waals surface area contributed by atoms with E-state index in [2.05, 4.69) is 18.8 Å². The number of fused-ring (bicyclic) bond motifs is 1. The highest BCUT2D eigenvalue weighted by Crippen LogP contribution is 2.48. The Hall–Kier alpha value is -3.38. The van der Waals surface area contributed by atoms with E-state index < -0.39 is 0 Å². The van der Waals surface area contributed by atoms with Gasteiger partial charge in [-0.25, -0.2) is 4.98 Å². The number of phenolic OH excluding ortho intramolecular Hbond substituents is 1. The highest BCUT2D eigenvalue weighted by molar-refractivity contribution is 7.22. The van der Waals surface area contributed by atoms with Gasteiger partial charge in [0.2, 0.25) is 0 Å². The summed E-state index contributed by atoms with van der Waals surface area (Å²) in [6.45, 7) is 4.12. The number of rotatable bonds is 6. The van der Waals surface area contributed by atoms with Gasteiger partial charge in [-0.05, 0) is 47.9 Å². The third-order valence-electron chi connectivity index (χ3n) is 4.44. The van der Waals surface area contributed by atoms with Crippen LogP contribution in [0.2, 0.25) is 0 Å². The van der Waals surface area contributed by atoms with Crippen LogP contribution < -0.4 is 4.74 Å². The van der Waals surface area contributed by atoms with Crippen LogP contribution >= 0.6 is 11.3 Å². The van der Waals surface area contributed by atoms with Gasteiger partial charge in [-0.1, -0.05) is 32.1 Å².